The fraction of sp³-hybridized carbons (Fsp3) is 0.250. The Morgan fingerprint density at radius 2 is 2.06 bits per heavy atom. The van der Waals surface area contributed by atoms with Crippen LogP contribution in [0.5, 0.6) is 5.75 Å². The average molecular weight is 246 g/mol. The summed E-state index contributed by atoms with van der Waals surface area (Å²) in [5, 5.41) is 15.8. The molecular formula is C12H14N4O2. The van der Waals surface area contributed by atoms with Crippen LogP contribution < -0.4 is 4.90 Å². The second-order valence-electron chi connectivity index (χ2n) is 3.84. The topological polar surface area (TPSA) is 82.1 Å². The van der Waals surface area contributed by atoms with Crippen molar-refractivity contribution >= 4 is 11.6 Å². The number of aryl methyl sites for hydroxylation is 1. The fourth-order valence-corrected chi connectivity index (χ4v) is 1.49. The van der Waals surface area contributed by atoms with Gasteiger partial charge in [0.15, 0.2) is 0 Å². The highest BCUT2D eigenvalue weighted by atomic mass is 16.3. The molecule has 0 saturated carbocycles. The largest absolute Gasteiger partial charge is 0.508 e. The lowest BCUT2D eigenvalue weighted by atomic mass is 10.3. The van der Waals surface area contributed by atoms with Crippen LogP contribution in [0.25, 0.3) is 0 Å². The fourth-order valence-electron chi connectivity index (χ4n) is 1.49. The van der Waals surface area contributed by atoms with E-state index in [0.29, 0.717) is 17.9 Å². The molecule has 6 heteroatoms. The monoisotopic (exact) mass is 246 g/mol. The summed E-state index contributed by atoms with van der Waals surface area (Å²) < 4.78 is 0. The summed E-state index contributed by atoms with van der Waals surface area (Å²) in [6.45, 7) is 1.93. The number of aromatic amines is 1. The van der Waals surface area contributed by atoms with E-state index >= 15 is 0 Å². The molecule has 2 rings (SSSR count). The van der Waals surface area contributed by atoms with E-state index in [4.69, 9.17) is 0 Å². The van der Waals surface area contributed by atoms with Gasteiger partial charge in [-0.05, 0) is 24.3 Å². The first kappa shape index (κ1) is 12.1. The lowest BCUT2D eigenvalue weighted by molar-refractivity contribution is 0.0983. The first-order valence-corrected chi connectivity index (χ1v) is 5.60. The SMILES string of the molecule is CCc1nc(C(=O)N(C)c2ccc(O)cc2)n[nH]1. The predicted octanol–water partition coefficient (Wildman–Crippen LogP) is 1.35. The Bertz CT molecular complexity index is 547. The van der Waals surface area contributed by atoms with Gasteiger partial charge in [0.1, 0.15) is 11.6 Å². The molecule has 0 saturated heterocycles. The van der Waals surface area contributed by atoms with Crippen LogP contribution in [0.1, 0.15) is 23.4 Å². The number of aromatic nitrogens is 3. The Morgan fingerprint density at radius 3 is 2.61 bits per heavy atom. The second-order valence-corrected chi connectivity index (χ2v) is 3.84. The van der Waals surface area contributed by atoms with Gasteiger partial charge in [0.25, 0.3) is 5.91 Å². The van der Waals surface area contributed by atoms with Crippen LogP contribution in [0.4, 0.5) is 5.69 Å². The molecule has 0 atom stereocenters. The number of nitrogens with one attached hydrogen (secondary N) is 1. The molecule has 1 aromatic heterocycles. The number of hydrogen-bond donors (Lipinski definition) is 2. The molecule has 0 aliphatic heterocycles. The van der Waals surface area contributed by atoms with Crippen LogP contribution in [0, 0.1) is 0 Å². The minimum Gasteiger partial charge on any atom is -0.508 e. The summed E-state index contributed by atoms with van der Waals surface area (Å²) in [7, 11) is 1.64. The van der Waals surface area contributed by atoms with Crippen LogP contribution in [0.15, 0.2) is 24.3 Å². The molecule has 1 heterocycles. The van der Waals surface area contributed by atoms with E-state index in [1.807, 2.05) is 6.92 Å². The number of hydrogen-bond acceptors (Lipinski definition) is 4. The molecule has 2 aromatic rings. The van der Waals surface area contributed by atoms with E-state index in [0.717, 1.165) is 0 Å². The van der Waals surface area contributed by atoms with Crippen molar-refractivity contribution in [1.29, 1.82) is 0 Å². The maximum Gasteiger partial charge on any atom is 0.297 e. The molecule has 0 fully saturated rings. The third-order valence-corrected chi connectivity index (χ3v) is 2.60. The number of aromatic hydroxyl groups is 1. The molecule has 0 radical (unpaired) electrons. The average Bonchev–Trinajstić information content (AvgIpc) is 2.86. The molecule has 0 unspecified atom stereocenters. The van der Waals surface area contributed by atoms with Gasteiger partial charge in [0.2, 0.25) is 5.82 Å². The molecule has 94 valence electrons. The maximum atomic E-state index is 12.1. The van der Waals surface area contributed by atoms with Crippen LogP contribution >= 0.6 is 0 Å². The number of anilines is 1. The first-order chi connectivity index (χ1) is 8.61. The van der Waals surface area contributed by atoms with Crippen molar-refractivity contribution in [2.45, 2.75) is 13.3 Å². The standard InChI is InChI=1S/C12H14N4O2/c1-3-10-13-11(15-14-10)12(18)16(2)8-4-6-9(17)7-5-8/h4-7,17H,3H2,1-2H3,(H,13,14,15). The third kappa shape index (κ3) is 2.32. The van der Waals surface area contributed by atoms with Crippen molar-refractivity contribution < 1.29 is 9.90 Å². The highest BCUT2D eigenvalue weighted by molar-refractivity contribution is 6.03. The summed E-state index contributed by atoms with van der Waals surface area (Å²) in [5.74, 6) is 0.683. The Hall–Kier alpha value is -2.37. The molecule has 2 N–H and O–H groups in total. The first-order valence-electron chi connectivity index (χ1n) is 5.60. The molecule has 0 aliphatic carbocycles. The maximum absolute atomic E-state index is 12.1. The summed E-state index contributed by atoms with van der Waals surface area (Å²) >= 11 is 0. The zero-order chi connectivity index (χ0) is 13.1. The number of amides is 1. The van der Waals surface area contributed by atoms with E-state index in [9.17, 15) is 9.90 Å². The molecule has 1 amide bonds. The summed E-state index contributed by atoms with van der Waals surface area (Å²) in [5.41, 5.74) is 0.667. The molecular weight excluding hydrogens is 232 g/mol. The zero-order valence-corrected chi connectivity index (χ0v) is 10.2. The van der Waals surface area contributed by atoms with Gasteiger partial charge in [-0.1, -0.05) is 6.92 Å². The molecule has 0 spiro atoms. The van der Waals surface area contributed by atoms with E-state index in [2.05, 4.69) is 15.2 Å². The van der Waals surface area contributed by atoms with Crippen LogP contribution in [0.3, 0.4) is 0 Å². The number of nitrogens with zero attached hydrogens (tertiary/aromatic N) is 3. The molecule has 0 bridgehead atoms. The van der Waals surface area contributed by atoms with Crippen LogP contribution in [-0.4, -0.2) is 33.2 Å². The van der Waals surface area contributed by atoms with Crippen molar-refractivity contribution in [2.75, 3.05) is 11.9 Å². The number of H-pyrrole nitrogens is 1. The van der Waals surface area contributed by atoms with Gasteiger partial charge < -0.3 is 10.0 Å². The zero-order valence-electron chi connectivity index (χ0n) is 10.2. The minimum absolute atomic E-state index is 0.141. The number of carbonyl (C=O) groups is 1. The third-order valence-electron chi connectivity index (χ3n) is 2.60. The van der Waals surface area contributed by atoms with Crippen LogP contribution in [-0.2, 0) is 6.42 Å². The lowest BCUT2D eigenvalue weighted by Crippen LogP contribution is -2.27. The predicted molar refractivity (Wildman–Crippen MR) is 66.6 cm³/mol. The van der Waals surface area contributed by atoms with Gasteiger partial charge in [0, 0.05) is 19.2 Å². The molecule has 18 heavy (non-hydrogen) atoms. The molecule has 1 aromatic carbocycles. The number of carbonyl (C=O) groups excluding carboxylic acids is 1. The van der Waals surface area contributed by atoms with Gasteiger partial charge in [-0.25, -0.2) is 4.98 Å². The van der Waals surface area contributed by atoms with E-state index < -0.39 is 0 Å². The normalized spacial score (nSPS) is 10.3. The Kier molecular flexibility index (Phi) is 3.27. The smallest absolute Gasteiger partial charge is 0.297 e. The number of benzene rings is 1. The van der Waals surface area contributed by atoms with Crippen molar-refractivity contribution in [3.63, 3.8) is 0 Å². The van der Waals surface area contributed by atoms with Gasteiger partial charge in [-0.3, -0.25) is 9.89 Å². The van der Waals surface area contributed by atoms with Crippen molar-refractivity contribution in [3.05, 3.63) is 35.9 Å². The summed E-state index contributed by atoms with van der Waals surface area (Å²) in [6.07, 6.45) is 0.698. The Morgan fingerprint density at radius 1 is 1.39 bits per heavy atom. The Labute approximate surface area is 104 Å². The van der Waals surface area contributed by atoms with Gasteiger partial charge in [0.05, 0.1) is 0 Å². The van der Waals surface area contributed by atoms with Crippen molar-refractivity contribution in [3.8, 4) is 5.75 Å². The highest BCUT2D eigenvalue weighted by Crippen LogP contribution is 2.18. The molecule has 0 aliphatic rings. The van der Waals surface area contributed by atoms with Crippen molar-refractivity contribution in [1.82, 2.24) is 15.2 Å². The van der Waals surface area contributed by atoms with Gasteiger partial charge in [-0.15, -0.1) is 5.10 Å². The number of phenols is 1. The second kappa shape index (κ2) is 4.87. The Balaban J connectivity index is 2.20. The van der Waals surface area contributed by atoms with Gasteiger partial charge in [-0.2, -0.15) is 0 Å². The van der Waals surface area contributed by atoms with Crippen molar-refractivity contribution in [2.24, 2.45) is 0 Å². The number of rotatable bonds is 3. The van der Waals surface area contributed by atoms with E-state index in [1.165, 1.54) is 17.0 Å². The minimum atomic E-state index is -0.295. The number of phenolic OH excluding ortho intramolecular Hbond substituents is 1. The van der Waals surface area contributed by atoms with E-state index in [-0.39, 0.29) is 17.5 Å². The highest BCUT2D eigenvalue weighted by Gasteiger charge is 2.18. The van der Waals surface area contributed by atoms with Crippen LogP contribution in [0.2, 0.25) is 0 Å². The van der Waals surface area contributed by atoms with E-state index in [1.54, 1.807) is 19.2 Å². The lowest BCUT2D eigenvalue weighted by Gasteiger charge is -2.15. The molecule has 6 nitrogen and oxygen atoms in total. The van der Waals surface area contributed by atoms with Gasteiger partial charge >= 0.3 is 0 Å². The quantitative estimate of drug-likeness (QED) is 0.856. The summed E-state index contributed by atoms with van der Waals surface area (Å²) in [6, 6.07) is 6.35. The summed E-state index contributed by atoms with van der Waals surface area (Å²) in [4.78, 5) is 17.6.